The van der Waals surface area contributed by atoms with E-state index in [0.29, 0.717) is 13.2 Å². The Morgan fingerprint density at radius 3 is 3.11 bits per heavy atom. The van der Waals surface area contributed by atoms with Crippen molar-refractivity contribution in [1.82, 2.24) is 4.98 Å². The molecular formula is C13H20N2O3. The summed E-state index contributed by atoms with van der Waals surface area (Å²) in [7, 11) is 0. The standard InChI is InChI=1S/C13H20N2O3/c1-3-17-12-5-4-6-14-13(12)15-7-10(2)18-11(8-15)9-16/h4-6,10-11,16H,3,7-9H2,1-2H3. The van der Waals surface area contributed by atoms with Crippen LogP contribution in [0.1, 0.15) is 13.8 Å². The summed E-state index contributed by atoms with van der Waals surface area (Å²) in [5.74, 6) is 1.61. The first-order valence-corrected chi connectivity index (χ1v) is 6.33. The SMILES string of the molecule is CCOc1cccnc1N1CC(C)OC(CO)C1. The van der Waals surface area contributed by atoms with Gasteiger partial charge in [0.05, 0.1) is 25.4 Å². The van der Waals surface area contributed by atoms with Gasteiger partial charge in [0, 0.05) is 19.3 Å². The Hall–Kier alpha value is -1.33. The van der Waals surface area contributed by atoms with Gasteiger partial charge in [-0.3, -0.25) is 0 Å². The third kappa shape index (κ3) is 2.91. The van der Waals surface area contributed by atoms with Crippen molar-refractivity contribution in [1.29, 1.82) is 0 Å². The van der Waals surface area contributed by atoms with E-state index in [1.165, 1.54) is 0 Å². The first kappa shape index (κ1) is 13.1. The van der Waals surface area contributed by atoms with Crippen molar-refractivity contribution in [3.8, 4) is 5.75 Å². The van der Waals surface area contributed by atoms with Crippen LogP contribution in [0.5, 0.6) is 5.75 Å². The number of morpholine rings is 1. The quantitative estimate of drug-likeness (QED) is 0.868. The zero-order chi connectivity index (χ0) is 13.0. The van der Waals surface area contributed by atoms with Crippen LogP contribution in [-0.4, -0.2) is 48.6 Å². The average Bonchev–Trinajstić information content (AvgIpc) is 2.39. The number of aromatic nitrogens is 1. The highest BCUT2D eigenvalue weighted by molar-refractivity contribution is 5.52. The van der Waals surface area contributed by atoms with E-state index in [9.17, 15) is 5.11 Å². The highest BCUT2D eigenvalue weighted by Crippen LogP contribution is 2.27. The summed E-state index contributed by atoms with van der Waals surface area (Å²) in [4.78, 5) is 6.50. The molecule has 2 heterocycles. The van der Waals surface area contributed by atoms with E-state index < -0.39 is 0 Å². The van der Waals surface area contributed by atoms with Gasteiger partial charge < -0.3 is 19.5 Å². The fourth-order valence-corrected chi connectivity index (χ4v) is 2.21. The first-order chi connectivity index (χ1) is 8.74. The van der Waals surface area contributed by atoms with Crippen LogP contribution in [0.2, 0.25) is 0 Å². The van der Waals surface area contributed by atoms with Gasteiger partial charge in [0.1, 0.15) is 0 Å². The van der Waals surface area contributed by atoms with E-state index in [0.717, 1.165) is 18.1 Å². The molecule has 0 aromatic carbocycles. The molecule has 1 aliphatic rings. The lowest BCUT2D eigenvalue weighted by atomic mass is 10.2. The molecule has 2 rings (SSSR count). The number of pyridine rings is 1. The minimum absolute atomic E-state index is 0.0254. The number of rotatable bonds is 4. The molecule has 0 spiro atoms. The lowest BCUT2D eigenvalue weighted by Gasteiger charge is -2.37. The second-order valence-electron chi connectivity index (χ2n) is 4.41. The Bertz CT molecular complexity index is 386. The van der Waals surface area contributed by atoms with E-state index in [2.05, 4.69) is 9.88 Å². The molecule has 0 saturated carbocycles. The van der Waals surface area contributed by atoms with Gasteiger partial charge in [0.15, 0.2) is 11.6 Å². The number of hydrogen-bond acceptors (Lipinski definition) is 5. The summed E-state index contributed by atoms with van der Waals surface area (Å²) < 4.78 is 11.2. The molecule has 100 valence electrons. The van der Waals surface area contributed by atoms with Crippen LogP contribution in [-0.2, 0) is 4.74 Å². The predicted octanol–water partition coefficient (Wildman–Crippen LogP) is 1.07. The normalized spacial score (nSPS) is 24.1. The van der Waals surface area contributed by atoms with Crippen molar-refractivity contribution in [2.75, 3.05) is 31.2 Å². The molecule has 0 aliphatic carbocycles. The smallest absolute Gasteiger partial charge is 0.171 e. The Balaban J connectivity index is 2.19. The van der Waals surface area contributed by atoms with E-state index in [1.54, 1.807) is 6.20 Å². The molecular weight excluding hydrogens is 232 g/mol. The van der Waals surface area contributed by atoms with Crippen molar-refractivity contribution in [3.63, 3.8) is 0 Å². The Kier molecular flexibility index (Phi) is 4.38. The molecule has 2 atom stereocenters. The maximum atomic E-state index is 9.24. The summed E-state index contributed by atoms with van der Waals surface area (Å²) in [5.41, 5.74) is 0. The fourth-order valence-electron chi connectivity index (χ4n) is 2.21. The third-order valence-electron chi connectivity index (χ3n) is 2.88. The van der Waals surface area contributed by atoms with E-state index >= 15 is 0 Å². The molecule has 18 heavy (non-hydrogen) atoms. The van der Waals surface area contributed by atoms with E-state index in [4.69, 9.17) is 9.47 Å². The minimum atomic E-state index is -0.162. The molecule has 0 amide bonds. The summed E-state index contributed by atoms with van der Waals surface area (Å²) in [5, 5.41) is 9.24. The summed E-state index contributed by atoms with van der Waals surface area (Å²) >= 11 is 0. The van der Waals surface area contributed by atoms with E-state index in [-0.39, 0.29) is 18.8 Å². The van der Waals surface area contributed by atoms with Crippen LogP contribution in [0.15, 0.2) is 18.3 Å². The van der Waals surface area contributed by atoms with Crippen molar-refractivity contribution in [2.45, 2.75) is 26.1 Å². The maximum absolute atomic E-state index is 9.24. The Morgan fingerprint density at radius 2 is 2.39 bits per heavy atom. The summed E-state index contributed by atoms with van der Waals surface area (Å²) in [6.45, 7) is 5.98. The Labute approximate surface area is 107 Å². The highest BCUT2D eigenvalue weighted by atomic mass is 16.5. The van der Waals surface area contributed by atoms with Gasteiger partial charge in [-0.15, -0.1) is 0 Å². The van der Waals surface area contributed by atoms with Gasteiger partial charge in [-0.25, -0.2) is 4.98 Å². The van der Waals surface area contributed by atoms with Crippen molar-refractivity contribution in [2.24, 2.45) is 0 Å². The van der Waals surface area contributed by atoms with Crippen LogP contribution in [0.25, 0.3) is 0 Å². The molecule has 2 unspecified atom stereocenters. The van der Waals surface area contributed by atoms with Crippen LogP contribution >= 0.6 is 0 Å². The van der Waals surface area contributed by atoms with Gasteiger partial charge >= 0.3 is 0 Å². The topological polar surface area (TPSA) is 54.8 Å². The first-order valence-electron chi connectivity index (χ1n) is 6.33. The van der Waals surface area contributed by atoms with Crippen LogP contribution in [0, 0.1) is 0 Å². The van der Waals surface area contributed by atoms with Gasteiger partial charge in [-0.05, 0) is 26.0 Å². The largest absolute Gasteiger partial charge is 0.490 e. The molecule has 1 aromatic rings. The van der Waals surface area contributed by atoms with Gasteiger partial charge in [-0.1, -0.05) is 0 Å². The summed E-state index contributed by atoms with van der Waals surface area (Å²) in [6, 6.07) is 3.78. The number of aliphatic hydroxyl groups is 1. The zero-order valence-corrected chi connectivity index (χ0v) is 10.9. The Morgan fingerprint density at radius 1 is 1.56 bits per heavy atom. The predicted molar refractivity (Wildman–Crippen MR) is 69.0 cm³/mol. The number of ether oxygens (including phenoxy) is 2. The molecule has 5 nitrogen and oxygen atoms in total. The van der Waals surface area contributed by atoms with Gasteiger partial charge in [0.2, 0.25) is 0 Å². The average molecular weight is 252 g/mol. The second kappa shape index (κ2) is 6.02. The van der Waals surface area contributed by atoms with Gasteiger partial charge in [-0.2, -0.15) is 0 Å². The lowest BCUT2D eigenvalue weighted by Crippen LogP contribution is -2.48. The highest BCUT2D eigenvalue weighted by Gasteiger charge is 2.27. The zero-order valence-electron chi connectivity index (χ0n) is 10.9. The molecule has 5 heteroatoms. The summed E-state index contributed by atoms with van der Waals surface area (Å²) in [6.07, 6.45) is 1.67. The van der Waals surface area contributed by atoms with Crippen molar-refractivity contribution < 1.29 is 14.6 Å². The monoisotopic (exact) mass is 252 g/mol. The minimum Gasteiger partial charge on any atom is -0.490 e. The molecule has 1 saturated heterocycles. The number of anilines is 1. The molecule has 1 fully saturated rings. The molecule has 1 aliphatic heterocycles. The third-order valence-corrected chi connectivity index (χ3v) is 2.88. The van der Waals surface area contributed by atoms with Crippen LogP contribution in [0.3, 0.4) is 0 Å². The number of nitrogens with zero attached hydrogens (tertiary/aromatic N) is 2. The molecule has 0 radical (unpaired) electrons. The molecule has 1 aromatic heterocycles. The van der Waals surface area contributed by atoms with Crippen molar-refractivity contribution in [3.05, 3.63) is 18.3 Å². The maximum Gasteiger partial charge on any atom is 0.171 e. The number of hydrogen-bond donors (Lipinski definition) is 1. The van der Waals surface area contributed by atoms with Crippen LogP contribution < -0.4 is 9.64 Å². The lowest BCUT2D eigenvalue weighted by molar-refractivity contribution is -0.0424. The fraction of sp³-hybridized carbons (Fsp3) is 0.615. The van der Waals surface area contributed by atoms with E-state index in [1.807, 2.05) is 26.0 Å². The van der Waals surface area contributed by atoms with Crippen molar-refractivity contribution >= 4 is 5.82 Å². The second-order valence-corrected chi connectivity index (χ2v) is 4.41. The van der Waals surface area contributed by atoms with Crippen LogP contribution in [0.4, 0.5) is 5.82 Å². The molecule has 1 N–H and O–H groups in total. The number of aliphatic hydroxyl groups excluding tert-OH is 1. The molecule has 0 bridgehead atoms. The van der Waals surface area contributed by atoms with Gasteiger partial charge in [0.25, 0.3) is 0 Å².